The normalized spacial score (nSPS) is 16.1. The van der Waals surface area contributed by atoms with Crippen molar-refractivity contribution in [1.82, 2.24) is 0 Å². The molecule has 0 spiro atoms. The second kappa shape index (κ2) is 8.09. The van der Waals surface area contributed by atoms with Gasteiger partial charge in [0.2, 0.25) is 0 Å². The summed E-state index contributed by atoms with van der Waals surface area (Å²) in [5.41, 5.74) is 5.39. The van der Waals surface area contributed by atoms with Gasteiger partial charge >= 0.3 is 0 Å². The molecule has 0 radical (unpaired) electrons. The van der Waals surface area contributed by atoms with Gasteiger partial charge in [-0.2, -0.15) is 0 Å². The lowest BCUT2D eigenvalue weighted by Crippen LogP contribution is -2.30. The minimum Gasteiger partial charge on any atom is -0.467 e. The number of nitrogens with zero attached hydrogens (tertiary/aromatic N) is 2. The summed E-state index contributed by atoms with van der Waals surface area (Å²) in [5, 5.41) is 12.7. The average Bonchev–Trinajstić information content (AvgIpc) is 3.09. The average molecular weight is 432 g/mol. The molecule has 2 aliphatic heterocycles. The summed E-state index contributed by atoms with van der Waals surface area (Å²) in [6.45, 7) is 2.48. The van der Waals surface area contributed by atoms with Gasteiger partial charge in [0.05, 0.1) is 18.8 Å². The third-order valence-corrected chi connectivity index (χ3v) is 5.87. The van der Waals surface area contributed by atoms with E-state index < -0.39 is 11.7 Å². The molecule has 2 aliphatic rings. The zero-order valence-electron chi connectivity index (χ0n) is 17.5. The number of benzene rings is 3. The lowest BCUT2D eigenvalue weighted by atomic mass is 10.00. The molecule has 3 aromatic rings. The Balaban J connectivity index is 1.56. The van der Waals surface area contributed by atoms with Crippen molar-refractivity contribution in [3.63, 3.8) is 0 Å². The van der Waals surface area contributed by atoms with Crippen molar-refractivity contribution in [2.45, 2.75) is 26.5 Å². The highest BCUT2D eigenvalue weighted by molar-refractivity contribution is 6.54. The fourth-order valence-electron chi connectivity index (χ4n) is 4.22. The molecular formula is C25H21FN2O4. The van der Waals surface area contributed by atoms with E-state index in [1.165, 1.54) is 22.6 Å². The van der Waals surface area contributed by atoms with Crippen LogP contribution < -0.4 is 9.64 Å². The molecule has 0 saturated heterocycles. The van der Waals surface area contributed by atoms with Crippen LogP contribution in [0.15, 0.2) is 59.8 Å². The van der Waals surface area contributed by atoms with Crippen LogP contribution in [0.1, 0.15) is 29.2 Å². The fraction of sp³-hybridized carbons (Fsp3) is 0.200. The Morgan fingerprint density at radius 1 is 1.09 bits per heavy atom. The number of fused-ring (bicyclic) bond motifs is 2. The van der Waals surface area contributed by atoms with E-state index in [1.54, 1.807) is 6.07 Å². The monoisotopic (exact) mass is 432 g/mol. The van der Waals surface area contributed by atoms with Crippen molar-refractivity contribution in [2.75, 3.05) is 11.7 Å². The predicted octanol–water partition coefficient (Wildman–Crippen LogP) is 4.65. The lowest BCUT2D eigenvalue weighted by Gasteiger charge is -2.24. The number of oxime groups is 1. The van der Waals surface area contributed by atoms with Gasteiger partial charge < -0.3 is 19.6 Å². The number of halogens is 1. The molecule has 32 heavy (non-hydrogen) atoms. The molecule has 0 aliphatic carbocycles. The van der Waals surface area contributed by atoms with Crippen molar-refractivity contribution < 1.29 is 23.9 Å². The van der Waals surface area contributed by atoms with E-state index in [-0.39, 0.29) is 25.7 Å². The first kappa shape index (κ1) is 20.2. The highest BCUT2D eigenvalue weighted by Gasteiger charge is 2.36. The molecule has 162 valence electrons. The van der Waals surface area contributed by atoms with Crippen LogP contribution in [0.5, 0.6) is 5.75 Å². The molecule has 0 bridgehead atoms. The number of anilines is 1. The van der Waals surface area contributed by atoms with Gasteiger partial charge in [0, 0.05) is 16.7 Å². The quantitative estimate of drug-likeness (QED) is 0.481. The summed E-state index contributed by atoms with van der Waals surface area (Å²) < 4.78 is 25.1. The van der Waals surface area contributed by atoms with Crippen LogP contribution in [0.4, 0.5) is 10.1 Å². The Labute approximate surface area is 184 Å². The predicted molar refractivity (Wildman–Crippen MR) is 117 cm³/mol. The summed E-state index contributed by atoms with van der Waals surface area (Å²) in [4.78, 5) is 14.5. The van der Waals surface area contributed by atoms with Crippen molar-refractivity contribution in [2.24, 2.45) is 5.16 Å². The van der Waals surface area contributed by atoms with E-state index in [1.807, 2.05) is 24.3 Å². The van der Waals surface area contributed by atoms with Crippen LogP contribution >= 0.6 is 0 Å². The molecule has 2 heterocycles. The van der Waals surface area contributed by atoms with Crippen LogP contribution in [0.2, 0.25) is 0 Å². The van der Waals surface area contributed by atoms with Gasteiger partial charge in [-0.05, 0) is 47.4 Å². The summed E-state index contributed by atoms with van der Waals surface area (Å²) in [6.07, 6.45) is 0.953. The number of aryl methyl sites for hydroxylation is 1. The number of hydrogen-bond acceptors (Lipinski definition) is 5. The molecule has 6 nitrogen and oxygen atoms in total. The Bertz CT molecular complexity index is 1240. The molecule has 1 amide bonds. The van der Waals surface area contributed by atoms with Crippen molar-refractivity contribution in [3.05, 3.63) is 82.7 Å². The van der Waals surface area contributed by atoms with Crippen molar-refractivity contribution >= 4 is 17.3 Å². The van der Waals surface area contributed by atoms with E-state index >= 15 is 0 Å². The zero-order valence-corrected chi connectivity index (χ0v) is 17.5. The van der Waals surface area contributed by atoms with Gasteiger partial charge in [-0.1, -0.05) is 42.4 Å². The van der Waals surface area contributed by atoms with Gasteiger partial charge in [-0.25, -0.2) is 4.39 Å². The molecule has 1 N–H and O–H groups in total. The van der Waals surface area contributed by atoms with Gasteiger partial charge in [0.15, 0.2) is 12.5 Å². The first-order valence-corrected chi connectivity index (χ1v) is 10.4. The van der Waals surface area contributed by atoms with E-state index in [9.17, 15) is 14.4 Å². The van der Waals surface area contributed by atoms with Crippen LogP contribution in [0.3, 0.4) is 0 Å². The standard InChI is InChI=1S/C25H21FN2O4/c1-2-15-3-5-16(6-4-15)17-7-8-21-22(11-17)28(25(29)23(21)27-30)12-18-9-20(26)10-19-13-31-14-32-24(18)19/h3-11,30H,2,12-14H2,1H3/b27-23-. The highest BCUT2D eigenvalue weighted by atomic mass is 19.1. The number of ether oxygens (including phenoxy) is 2. The molecule has 0 fully saturated rings. The molecule has 3 aromatic carbocycles. The summed E-state index contributed by atoms with van der Waals surface area (Å²) in [5.74, 6) is -0.362. The topological polar surface area (TPSA) is 71.4 Å². The largest absolute Gasteiger partial charge is 0.467 e. The maximum absolute atomic E-state index is 14.2. The summed E-state index contributed by atoms with van der Waals surface area (Å²) >= 11 is 0. The molecule has 7 heteroatoms. The Kier molecular flexibility index (Phi) is 5.11. The molecule has 0 saturated carbocycles. The first-order chi connectivity index (χ1) is 15.6. The highest BCUT2D eigenvalue weighted by Crippen LogP contribution is 2.37. The Morgan fingerprint density at radius 3 is 2.62 bits per heavy atom. The van der Waals surface area contributed by atoms with Gasteiger partial charge in [0.25, 0.3) is 5.91 Å². The van der Waals surface area contributed by atoms with E-state index in [2.05, 4.69) is 24.2 Å². The number of rotatable bonds is 4. The molecular weight excluding hydrogens is 411 g/mol. The molecule has 0 atom stereocenters. The van der Waals surface area contributed by atoms with Gasteiger partial charge in [-0.3, -0.25) is 4.79 Å². The summed E-state index contributed by atoms with van der Waals surface area (Å²) in [7, 11) is 0. The Hall–Kier alpha value is -3.71. The second-order valence-corrected chi connectivity index (χ2v) is 7.79. The van der Waals surface area contributed by atoms with Crippen LogP contribution in [0.25, 0.3) is 11.1 Å². The molecule has 0 unspecified atom stereocenters. The van der Waals surface area contributed by atoms with Gasteiger partial charge in [-0.15, -0.1) is 0 Å². The maximum atomic E-state index is 14.2. The van der Waals surface area contributed by atoms with Crippen molar-refractivity contribution in [3.8, 4) is 16.9 Å². The van der Waals surface area contributed by atoms with Crippen LogP contribution in [-0.2, 0) is 29.1 Å². The van der Waals surface area contributed by atoms with E-state index in [0.717, 1.165) is 17.5 Å². The number of carbonyl (C=O) groups excluding carboxylic acids is 1. The second-order valence-electron chi connectivity index (χ2n) is 7.79. The maximum Gasteiger partial charge on any atom is 0.281 e. The Morgan fingerprint density at radius 2 is 1.88 bits per heavy atom. The van der Waals surface area contributed by atoms with E-state index in [0.29, 0.717) is 28.1 Å². The smallest absolute Gasteiger partial charge is 0.281 e. The van der Waals surface area contributed by atoms with Gasteiger partial charge in [0.1, 0.15) is 11.6 Å². The minimum atomic E-state index is -0.453. The number of carbonyl (C=O) groups is 1. The summed E-state index contributed by atoms with van der Waals surface area (Å²) in [6, 6.07) is 16.5. The third kappa shape index (κ3) is 3.40. The number of amides is 1. The first-order valence-electron chi connectivity index (χ1n) is 10.4. The number of hydrogen-bond donors (Lipinski definition) is 1. The van der Waals surface area contributed by atoms with E-state index in [4.69, 9.17) is 9.47 Å². The third-order valence-electron chi connectivity index (χ3n) is 5.87. The van der Waals surface area contributed by atoms with Crippen molar-refractivity contribution in [1.29, 1.82) is 0 Å². The fourth-order valence-corrected chi connectivity index (χ4v) is 4.22. The lowest BCUT2D eigenvalue weighted by molar-refractivity contribution is -0.112. The SMILES string of the molecule is CCc1ccc(-c2ccc3c(c2)N(Cc2cc(F)cc4c2OCOC4)C(=O)/C3=N\O)cc1. The van der Waals surface area contributed by atoms with Crippen LogP contribution in [0, 0.1) is 5.82 Å². The molecule has 5 rings (SSSR count). The minimum absolute atomic E-state index is 0.0394. The zero-order chi connectivity index (χ0) is 22.2. The van der Waals surface area contributed by atoms with Crippen LogP contribution in [-0.4, -0.2) is 23.6 Å². The molecule has 0 aromatic heterocycles.